The van der Waals surface area contributed by atoms with E-state index in [-0.39, 0.29) is 17.8 Å². The summed E-state index contributed by atoms with van der Waals surface area (Å²) in [6.07, 6.45) is 1.17. The van der Waals surface area contributed by atoms with Crippen LogP contribution in [0.25, 0.3) is 0 Å². The molecule has 0 aliphatic carbocycles. The van der Waals surface area contributed by atoms with Gasteiger partial charge in [0.1, 0.15) is 6.10 Å². The topological polar surface area (TPSA) is 82.9 Å². The first-order chi connectivity index (χ1) is 15.0. The number of benzene rings is 2. The van der Waals surface area contributed by atoms with Crippen LogP contribution in [0.5, 0.6) is 23.4 Å². The minimum Gasteiger partial charge on any atom is -0.493 e. The molecular formula is C24H28N2O5. The molecule has 2 aromatic carbocycles. The third kappa shape index (κ3) is 4.88. The Labute approximate surface area is 182 Å². The summed E-state index contributed by atoms with van der Waals surface area (Å²) in [4.78, 5) is 8.34. The van der Waals surface area contributed by atoms with Crippen LogP contribution in [-0.2, 0) is 6.42 Å². The highest BCUT2D eigenvalue weighted by atomic mass is 16.5. The Morgan fingerprint density at radius 2 is 1.55 bits per heavy atom. The van der Waals surface area contributed by atoms with Crippen molar-refractivity contribution in [2.75, 3.05) is 28.4 Å². The van der Waals surface area contributed by atoms with E-state index in [1.807, 2.05) is 24.3 Å². The predicted octanol–water partition coefficient (Wildman–Crippen LogP) is 3.94. The summed E-state index contributed by atoms with van der Waals surface area (Å²) in [6, 6.07) is 14.1. The van der Waals surface area contributed by atoms with Crippen LogP contribution in [0.1, 0.15) is 41.2 Å². The van der Waals surface area contributed by atoms with Crippen molar-refractivity contribution < 1.29 is 24.1 Å². The van der Waals surface area contributed by atoms with E-state index < -0.39 is 6.10 Å². The number of aromatic nitrogens is 2. The van der Waals surface area contributed by atoms with Crippen LogP contribution in [0.15, 0.2) is 48.7 Å². The van der Waals surface area contributed by atoms with Gasteiger partial charge >= 0.3 is 6.01 Å². The molecule has 0 amide bonds. The minimum atomic E-state index is -1.03. The Bertz CT molecular complexity index is 1010. The van der Waals surface area contributed by atoms with Crippen molar-refractivity contribution in [1.29, 1.82) is 0 Å². The van der Waals surface area contributed by atoms with Gasteiger partial charge in [-0.3, -0.25) is 0 Å². The second kappa shape index (κ2) is 10.1. The lowest BCUT2D eigenvalue weighted by Gasteiger charge is -2.22. The van der Waals surface area contributed by atoms with Crippen LogP contribution in [0.2, 0.25) is 0 Å². The van der Waals surface area contributed by atoms with E-state index in [0.29, 0.717) is 29.0 Å². The Morgan fingerprint density at radius 3 is 2.16 bits per heavy atom. The zero-order valence-corrected chi connectivity index (χ0v) is 18.5. The number of ether oxygens (including phenoxy) is 4. The number of aliphatic hydroxyl groups is 1. The highest BCUT2D eigenvalue weighted by Gasteiger charge is 2.24. The molecule has 3 rings (SSSR count). The molecule has 1 heterocycles. The van der Waals surface area contributed by atoms with Crippen molar-refractivity contribution in [2.24, 2.45) is 0 Å². The molecule has 0 aliphatic heterocycles. The lowest BCUT2D eigenvalue weighted by Crippen LogP contribution is -2.11. The van der Waals surface area contributed by atoms with Gasteiger partial charge in [0.05, 0.1) is 34.0 Å². The molecule has 2 unspecified atom stereocenters. The highest BCUT2D eigenvalue weighted by Crippen LogP contribution is 2.39. The van der Waals surface area contributed by atoms with Crippen LogP contribution in [0.3, 0.4) is 0 Å². The van der Waals surface area contributed by atoms with Crippen LogP contribution >= 0.6 is 0 Å². The average Bonchev–Trinajstić information content (AvgIpc) is 2.83. The normalized spacial score (nSPS) is 12.7. The van der Waals surface area contributed by atoms with Gasteiger partial charge in [0.2, 0.25) is 5.88 Å². The van der Waals surface area contributed by atoms with E-state index in [1.54, 1.807) is 20.3 Å². The monoisotopic (exact) mass is 424 g/mol. The van der Waals surface area contributed by atoms with Crippen molar-refractivity contribution in [3.63, 3.8) is 0 Å². The zero-order chi connectivity index (χ0) is 22.4. The van der Waals surface area contributed by atoms with Crippen molar-refractivity contribution >= 4 is 0 Å². The molecule has 0 spiro atoms. The standard InChI is InChI=1S/C24H28N2O5/c1-15(16-9-7-6-8-10-16)11-17-12-20(28-2)21(29-3)13-18(17)22(27)19-14-25-24(31-5)26-23(19)30-4/h6-10,12-15,22,27H,11H2,1-5H3. The molecule has 2 atom stereocenters. The second-order valence-corrected chi connectivity index (χ2v) is 7.15. The lowest BCUT2D eigenvalue weighted by molar-refractivity contribution is 0.209. The van der Waals surface area contributed by atoms with E-state index >= 15 is 0 Å². The number of nitrogens with zero attached hydrogens (tertiary/aromatic N) is 2. The van der Waals surface area contributed by atoms with E-state index in [2.05, 4.69) is 29.0 Å². The number of rotatable bonds is 9. The predicted molar refractivity (Wildman–Crippen MR) is 117 cm³/mol. The minimum absolute atomic E-state index is 0.165. The average molecular weight is 424 g/mol. The van der Waals surface area contributed by atoms with E-state index in [9.17, 15) is 5.11 Å². The SMILES string of the molecule is COc1ncc(C(O)c2cc(OC)c(OC)cc2CC(C)c2ccccc2)c(OC)n1. The lowest BCUT2D eigenvalue weighted by atomic mass is 9.88. The third-order valence-corrected chi connectivity index (χ3v) is 5.26. The Hall–Kier alpha value is -3.32. The molecule has 1 N–H and O–H groups in total. The fourth-order valence-electron chi connectivity index (χ4n) is 3.57. The van der Waals surface area contributed by atoms with Crippen LogP contribution in [0.4, 0.5) is 0 Å². The molecule has 164 valence electrons. The summed E-state index contributed by atoms with van der Waals surface area (Å²) in [5.74, 6) is 1.60. The van der Waals surface area contributed by atoms with Crippen LogP contribution in [-0.4, -0.2) is 43.5 Å². The summed E-state index contributed by atoms with van der Waals surface area (Å²) >= 11 is 0. The number of methoxy groups -OCH3 is 4. The Morgan fingerprint density at radius 1 is 0.871 bits per heavy atom. The molecule has 7 nitrogen and oxygen atoms in total. The van der Waals surface area contributed by atoms with Gasteiger partial charge in [-0.15, -0.1) is 0 Å². The maximum absolute atomic E-state index is 11.3. The summed E-state index contributed by atoms with van der Waals surface area (Å²) in [6.45, 7) is 2.15. The Balaban J connectivity index is 2.07. The first-order valence-corrected chi connectivity index (χ1v) is 9.95. The molecule has 3 aromatic rings. The van der Waals surface area contributed by atoms with Gasteiger partial charge in [0.15, 0.2) is 11.5 Å². The molecule has 1 aromatic heterocycles. The van der Waals surface area contributed by atoms with Crippen LogP contribution in [0, 0.1) is 0 Å². The van der Waals surface area contributed by atoms with Gasteiger partial charge in [-0.25, -0.2) is 4.98 Å². The maximum Gasteiger partial charge on any atom is 0.319 e. The largest absolute Gasteiger partial charge is 0.493 e. The molecular weight excluding hydrogens is 396 g/mol. The van der Waals surface area contributed by atoms with E-state index in [1.165, 1.54) is 26.0 Å². The first kappa shape index (κ1) is 22.4. The second-order valence-electron chi connectivity index (χ2n) is 7.15. The fourth-order valence-corrected chi connectivity index (χ4v) is 3.57. The number of aliphatic hydroxyl groups excluding tert-OH is 1. The van der Waals surface area contributed by atoms with Crippen molar-refractivity contribution in [1.82, 2.24) is 9.97 Å². The number of hydrogen-bond donors (Lipinski definition) is 1. The van der Waals surface area contributed by atoms with Crippen molar-refractivity contribution in [3.05, 3.63) is 70.9 Å². The molecule has 7 heteroatoms. The third-order valence-electron chi connectivity index (χ3n) is 5.26. The summed E-state index contributed by atoms with van der Waals surface area (Å²) in [5.41, 5.74) is 3.25. The molecule has 0 fully saturated rings. The molecule has 0 radical (unpaired) electrons. The molecule has 0 bridgehead atoms. The molecule has 0 aliphatic rings. The molecule has 31 heavy (non-hydrogen) atoms. The van der Waals surface area contributed by atoms with Gasteiger partial charge in [0, 0.05) is 6.20 Å². The van der Waals surface area contributed by atoms with Gasteiger partial charge in [-0.1, -0.05) is 37.3 Å². The summed E-state index contributed by atoms with van der Waals surface area (Å²) in [7, 11) is 6.13. The smallest absolute Gasteiger partial charge is 0.319 e. The van der Waals surface area contributed by atoms with Crippen molar-refractivity contribution in [3.8, 4) is 23.4 Å². The van der Waals surface area contributed by atoms with Gasteiger partial charge in [0.25, 0.3) is 0 Å². The molecule has 0 saturated carbocycles. The maximum atomic E-state index is 11.3. The summed E-state index contributed by atoms with van der Waals surface area (Å²) < 4.78 is 21.4. The summed E-state index contributed by atoms with van der Waals surface area (Å²) in [5, 5.41) is 11.3. The quantitative estimate of drug-likeness (QED) is 0.557. The van der Waals surface area contributed by atoms with Crippen molar-refractivity contribution in [2.45, 2.75) is 25.4 Å². The highest BCUT2D eigenvalue weighted by molar-refractivity contribution is 5.51. The Kier molecular flexibility index (Phi) is 7.31. The van der Waals surface area contributed by atoms with Gasteiger partial charge in [-0.05, 0) is 41.2 Å². The van der Waals surface area contributed by atoms with Crippen LogP contribution < -0.4 is 18.9 Å². The van der Waals surface area contributed by atoms with E-state index in [0.717, 1.165) is 5.56 Å². The first-order valence-electron chi connectivity index (χ1n) is 9.95. The molecule has 0 saturated heterocycles. The zero-order valence-electron chi connectivity index (χ0n) is 18.5. The van der Waals surface area contributed by atoms with E-state index in [4.69, 9.17) is 18.9 Å². The fraction of sp³-hybridized carbons (Fsp3) is 0.333. The van der Waals surface area contributed by atoms with Gasteiger partial charge < -0.3 is 24.1 Å². The number of hydrogen-bond acceptors (Lipinski definition) is 7. The van der Waals surface area contributed by atoms with Gasteiger partial charge in [-0.2, -0.15) is 4.98 Å².